The molecule has 10 heteroatoms. The van der Waals surface area contributed by atoms with Gasteiger partial charge in [-0.25, -0.2) is 4.99 Å². The SMILES string of the molecule is CCCNC(=O)CCNC(=NCc1ccc(OCC(F)(F)F)cc1)NCC.I. The van der Waals surface area contributed by atoms with Gasteiger partial charge in [-0.05, 0) is 31.0 Å². The van der Waals surface area contributed by atoms with Crippen LogP contribution in [0.2, 0.25) is 0 Å². The third-order valence-corrected chi connectivity index (χ3v) is 3.31. The van der Waals surface area contributed by atoms with E-state index in [2.05, 4.69) is 25.7 Å². The minimum absolute atomic E-state index is 0. The number of alkyl halides is 3. The highest BCUT2D eigenvalue weighted by atomic mass is 127. The average molecular weight is 516 g/mol. The van der Waals surface area contributed by atoms with Crippen LogP contribution in [0.4, 0.5) is 13.2 Å². The summed E-state index contributed by atoms with van der Waals surface area (Å²) < 4.78 is 41.1. The number of benzene rings is 1. The zero-order valence-electron chi connectivity index (χ0n) is 16.1. The van der Waals surface area contributed by atoms with Gasteiger partial charge in [-0.1, -0.05) is 19.1 Å². The number of aliphatic imine (C=N–C) groups is 1. The van der Waals surface area contributed by atoms with E-state index in [1.807, 2.05) is 13.8 Å². The van der Waals surface area contributed by atoms with Crippen LogP contribution in [0.5, 0.6) is 5.75 Å². The summed E-state index contributed by atoms with van der Waals surface area (Å²) in [6.07, 6.45) is -3.12. The van der Waals surface area contributed by atoms with Crippen molar-refractivity contribution in [1.29, 1.82) is 0 Å². The molecule has 1 rings (SSSR count). The normalized spacial score (nSPS) is 11.4. The van der Waals surface area contributed by atoms with E-state index in [1.165, 1.54) is 12.1 Å². The number of nitrogens with one attached hydrogen (secondary N) is 3. The molecule has 0 bridgehead atoms. The largest absolute Gasteiger partial charge is 0.484 e. The second-order valence-electron chi connectivity index (χ2n) is 5.77. The molecule has 3 N–H and O–H groups in total. The molecule has 1 aromatic carbocycles. The summed E-state index contributed by atoms with van der Waals surface area (Å²) in [7, 11) is 0. The topological polar surface area (TPSA) is 74.8 Å². The van der Waals surface area contributed by atoms with E-state index < -0.39 is 12.8 Å². The zero-order chi connectivity index (χ0) is 20.1. The van der Waals surface area contributed by atoms with Crippen molar-refractivity contribution in [3.63, 3.8) is 0 Å². The van der Waals surface area contributed by atoms with Crippen LogP contribution in [0.25, 0.3) is 0 Å². The van der Waals surface area contributed by atoms with Gasteiger partial charge < -0.3 is 20.7 Å². The smallest absolute Gasteiger partial charge is 0.422 e. The van der Waals surface area contributed by atoms with E-state index in [1.54, 1.807) is 12.1 Å². The molecule has 1 aromatic rings. The Bertz CT molecular complexity index is 595. The summed E-state index contributed by atoms with van der Waals surface area (Å²) >= 11 is 0. The lowest BCUT2D eigenvalue weighted by molar-refractivity contribution is -0.153. The summed E-state index contributed by atoms with van der Waals surface area (Å²) in [5.41, 5.74) is 0.826. The molecule has 6 nitrogen and oxygen atoms in total. The molecule has 160 valence electrons. The molecule has 1 amide bonds. The van der Waals surface area contributed by atoms with Crippen LogP contribution in [0.15, 0.2) is 29.3 Å². The standard InChI is InChI=1S/C18H27F3N4O2.HI/c1-3-10-23-16(26)9-11-24-17(22-4-2)25-12-14-5-7-15(8-6-14)27-13-18(19,20)21;/h5-8H,3-4,9-13H2,1-2H3,(H,23,26)(H2,22,24,25);1H. The van der Waals surface area contributed by atoms with E-state index >= 15 is 0 Å². The molecule has 0 heterocycles. The van der Waals surface area contributed by atoms with Gasteiger partial charge in [0.25, 0.3) is 0 Å². The number of carbonyl (C=O) groups excluding carboxylic acids is 1. The Labute approximate surface area is 180 Å². The number of amides is 1. The van der Waals surface area contributed by atoms with Gasteiger partial charge in [0.1, 0.15) is 5.75 Å². The number of carbonyl (C=O) groups is 1. The van der Waals surface area contributed by atoms with Gasteiger partial charge in [-0.2, -0.15) is 13.2 Å². The van der Waals surface area contributed by atoms with Crippen molar-refractivity contribution in [2.75, 3.05) is 26.2 Å². The van der Waals surface area contributed by atoms with E-state index in [-0.39, 0.29) is 35.6 Å². The molecular weight excluding hydrogens is 488 g/mol. The van der Waals surface area contributed by atoms with Crippen LogP contribution in [-0.4, -0.2) is 44.3 Å². The van der Waals surface area contributed by atoms with Gasteiger partial charge in [0.05, 0.1) is 6.54 Å². The number of rotatable bonds is 10. The van der Waals surface area contributed by atoms with Gasteiger partial charge in [0.15, 0.2) is 12.6 Å². The fraction of sp³-hybridized carbons (Fsp3) is 0.556. The molecule has 0 atom stereocenters. The first-order valence-corrected chi connectivity index (χ1v) is 8.91. The molecule has 28 heavy (non-hydrogen) atoms. The second kappa shape index (κ2) is 14.3. The van der Waals surface area contributed by atoms with Gasteiger partial charge >= 0.3 is 6.18 Å². The number of nitrogens with zero attached hydrogens (tertiary/aromatic N) is 1. The van der Waals surface area contributed by atoms with Gasteiger partial charge in [0.2, 0.25) is 5.91 Å². The monoisotopic (exact) mass is 516 g/mol. The summed E-state index contributed by atoms with van der Waals surface area (Å²) in [5.74, 6) is 0.705. The number of guanidine groups is 1. The molecule has 0 saturated heterocycles. The molecule has 0 fully saturated rings. The first-order valence-electron chi connectivity index (χ1n) is 8.91. The minimum Gasteiger partial charge on any atom is -0.484 e. The van der Waals surface area contributed by atoms with Crippen LogP contribution in [0.3, 0.4) is 0 Å². The van der Waals surface area contributed by atoms with E-state index in [4.69, 9.17) is 0 Å². The molecule has 0 aliphatic heterocycles. The van der Waals surface area contributed by atoms with Crippen LogP contribution >= 0.6 is 24.0 Å². The highest BCUT2D eigenvalue weighted by Gasteiger charge is 2.28. The van der Waals surface area contributed by atoms with Crippen molar-refractivity contribution < 1.29 is 22.7 Å². The average Bonchev–Trinajstić information content (AvgIpc) is 2.63. The summed E-state index contributed by atoms with van der Waals surface area (Å²) in [4.78, 5) is 16.0. The molecule has 0 aliphatic carbocycles. The summed E-state index contributed by atoms with van der Waals surface area (Å²) in [6, 6.07) is 6.29. The quantitative estimate of drug-likeness (QED) is 0.254. The van der Waals surface area contributed by atoms with Gasteiger partial charge in [-0.15, -0.1) is 24.0 Å². The Balaban J connectivity index is 0.00000729. The molecule has 0 saturated carbocycles. The van der Waals surface area contributed by atoms with E-state index in [0.29, 0.717) is 38.6 Å². The lowest BCUT2D eigenvalue weighted by Gasteiger charge is -2.12. The van der Waals surface area contributed by atoms with Gasteiger partial charge in [0, 0.05) is 26.1 Å². The van der Waals surface area contributed by atoms with Crippen molar-refractivity contribution in [3.05, 3.63) is 29.8 Å². The minimum atomic E-state index is -4.36. The molecule has 0 spiro atoms. The second-order valence-corrected chi connectivity index (χ2v) is 5.77. The first-order chi connectivity index (χ1) is 12.8. The van der Waals surface area contributed by atoms with Crippen molar-refractivity contribution in [3.8, 4) is 5.75 Å². The van der Waals surface area contributed by atoms with Crippen LogP contribution in [0.1, 0.15) is 32.3 Å². The number of halogens is 4. The van der Waals surface area contributed by atoms with Crippen molar-refractivity contribution >= 4 is 35.8 Å². The molecule has 0 unspecified atom stereocenters. The summed E-state index contributed by atoms with van der Waals surface area (Å²) in [6.45, 7) is 4.72. The first kappa shape index (κ1) is 26.3. The highest BCUT2D eigenvalue weighted by molar-refractivity contribution is 14.0. The Morgan fingerprint density at radius 3 is 2.32 bits per heavy atom. The number of hydrogen-bond acceptors (Lipinski definition) is 3. The Morgan fingerprint density at radius 2 is 1.75 bits per heavy atom. The van der Waals surface area contributed by atoms with Crippen molar-refractivity contribution in [2.45, 2.75) is 39.4 Å². The Kier molecular flexibility index (Phi) is 13.4. The molecular formula is C18H28F3IN4O2. The van der Waals surface area contributed by atoms with Crippen LogP contribution in [0, 0.1) is 0 Å². The highest BCUT2D eigenvalue weighted by Crippen LogP contribution is 2.19. The third kappa shape index (κ3) is 12.6. The molecule has 0 aliphatic rings. The maximum Gasteiger partial charge on any atom is 0.422 e. The lowest BCUT2D eigenvalue weighted by atomic mass is 10.2. The van der Waals surface area contributed by atoms with Crippen molar-refractivity contribution in [1.82, 2.24) is 16.0 Å². The Morgan fingerprint density at radius 1 is 1.07 bits per heavy atom. The molecule has 0 aromatic heterocycles. The van der Waals surface area contributed by atoms with Crippen LogP contribution in [-0.2, 0) is 11.3 Å². The number of ether oxygens (including phenoxy) is 1. The van der Waals surface area contributed by atoms with E-state index in [0.717, 1.165) is 12.0 Å². The predicted molar refractivity (Wildman–Crippen MR) is 114 cm³/mol. The fourth-order valence-electron chi connectivity index (χ4n) is 2.02. The predicted octanol–water partition coefficient (Wildman–Crippen LogP) is 3.22. The lowest BCUT2D eigenvalue weighted by Crippen LogP contribution is -2.39. The van der Waals surface area contributed by atoms with Gasteiger partial charge in [-0.3, -0.25) is 4.79 Å². The van der Waals surface area contributed by atoms with E-state index in [9.17, 15) is 18.0 Å². The maximum atomic E-state index is 12.1. The Hall–Kier alpha value is -1.72. The van der Waals surface area contributed by atoms with Crippen LogP contribution < -0.4 is 20.7 Å². The van der Waals surface area contributed by atoms with Crippen molar-refractivity contribution in [2.24, 2.45) is 4.99 Å². The maximum absolute atomic E-state index is 12.1. The zero-order valence-corrected chi connectivity index (χ0v) is 18.4. The molecule has 0 radical (unpaired) electrons. The third-order valence-electron chi connectivity index (χ3n) is 3.31. The summed E-state index contributed by atoms with van der Waals surface area (Å²) in [5, 5.41) is 8.95. The number of hydrogen-bond donors (Lipinski definition) is 3. The fourth-order valence-corrected chi connectivity index (χ4v) is 2.02.